The van der Waals surface area contributed by atoms with E-state index in [4.69, 9.17) is 0 Å². The fourth-order valence-electron chi connectivity index (χ4n) is 2.33. The lowest BCUT2D eigenvalue weighted by atomic mass is 10.1. The van der Waals surface area contributed by atoms with Gasteiger partial charge in [0.25, 0.3) is 5.91 Å². The average molecular weight is 310 g/mol. The molecule has 1 aromatic heterocycles. The van der Waals surface area contributed by atoms with Gasteiger partial charge in [-0.25, -0.2) is 9.97 Å². The molecule has 23 heavy (non-hydrogen) atoms. The third kappa shape index (κ3) is 4.16. The summed E-state index contributed by atoms with van der Waals surface area (Å²) in [6.45, 7) is 9.92. The van der Waals surface area contributed by atoms with Crippen molar-refractivity contribution in [3.05, 3.63) is 59.6 Å². The topological polar surface area (TPSA) is 66.9 Å². The van der Waals surface area contributed by atoms with E-state index in [2.05, 4.69) is 40.2 Å². The highest BCUT2D eigenvalue weighted by atomic mass is 16.1. The van der Waals surface area contributed by atoms with Crippen LogP contribution in [-0.2, 0) is 6.42 Å². The number of carbonyl (C=O) groups excluding carboxylic acids is 1. The van der Waals surface area contributed by atoms with Gasteiger partial charge in [0.2, 0.25) is 0 Å². The maximum atomic E-state index is 12.1. The fraction of sp³-hybridized carbons (Fsp3) is 0.278. The summed E-state index contributed by atoms with van der Waals surface area (Å²) < 4.78 is 0. The van der Waals surface area contributed by atoms with Gasteiger partial charge in [-0.1, -0.05) is 31.2 Å². The van der Waals surface area contributed by atoms with Crippen molar-refractivity contribution in [3.63, 3.8) is 0 Å². The van der Waals surface area contributed by atoms with Crippen LogP contribution in [0, 0.1) is 13.8 Å². The Labute approximate surface area is 136 Å². The third-order valence-corrected chi connectivity index (χ3v) is 3.47. The van der Waals surface area contributed by atoms with E-state index in [1.54, 1.807) is 19.1 Å². The van der Waals surface area contributed by atoms with Crippen molar-refractivity contribution >= 4 is 17.4 Å². The molecule has 0 spiro atoms. The minimum atomic E-state index is -0.237. The molecule has 2 N–H and O–H groups in total. The number of benzene rings is 1. The fourth-order valence-corrected chi connectivity index (χ4v) is 2.33. The minimum Gasteiger partial charge on any atom is -0.347 e. The van der Waals surface area contributed by atoms with Gasteiger partial charge in [-0.2, -0.15) is 0 Å². The number of para-hydroxylation sites is 1. The van der Waals surface area contributed by atoms with E-state index in [1.807, 2.05) is 19.1 Å². The maximum Gasteiger partial charge on any atom is 0.270 e. The average Bonchev–Trinajstić information content (AvgIpc) is 2.54. The first-order valence-electron chi connectivity index (χ1n) is 7.65. The Morgan fingerprint density at radius 1 is 1.30 bits per heavy atom. The summed E-state index contributed by atoms with van der Waals surface area (Å²) in [5.74, 6) is 0.926. The second-order valence-corrected chi connectivity index (χ2v) is 5.27. The van der Waals surface area contributed by atoms with E-state index >= 15 is 0 Å². The zero-order valence-electron chi connectivity index (χ0n) is 13.8. The number of aryl methyl sites for hydroxylation is 3. The molecule has 0 atom stereocenters. The molecule has 0 aliphatic heterocycles. The smallest absolute Gasteiger partial charge is 0.270 e. The van der Waals surface area contributed by atoms with Crippen molar-refractivity contribution in [2.24, 2.45) is 0 Å². The Kier molecular flexibility index (Phi) is 5.46. The summed E-state index contributed by atoms with van der Waals surface area (Å²) in [6.07, 6.45) is 2.55. The van der Waals surface area contributed by atoms with Crippen LogP contribution >= 0.6 is 0 Å². The van der Waals surface area contributed by atoms with E-state index in [-0.39, 0.29) is 5.91 Å². The third-order valence-electron chi connectivity index (χ3n) is 3.47. The number of anilines is 2. The molecule has 0 unspecified atom stereocenters. The van der Waals surface area contributed by atoms with Crippen LogP contribution in [0.5, 0.6) is 0 Å². The first kappa shape index (κ1) is 16.7. The molecule has 2 rings (SSSR count). The first-order chi connectivity index (χ1) is 11.0. The monoisotopic (exact) mass is 310 g/mol. The van der Waals surface area contributed by atoms with E-state index in [9.17, 15) is 4.79 Å². The number of rotatable bonds is 6. The van der Waals surface area contributed by atoms with Crippen LogP contribution in [0.25, 0.3) is 0 Å². The molecule has 0 aliphatic rings. The highest BCUT2D eigenvalue weighted by Crippen LogP contribution is 2.24. The Balaban J connectivity index is 2.32. The Bertz CT molecular complexity index is 725. The van der Waals surface area contributed by atoms with Crippen molar-refractivity contribution in [1.82, 2.24) is 15.3 Å². The molecule has 0 saturated carbocycles. The number of amides is 1. The Morgan fingerprint density at radius 2 is 2.09 bits per heavy atom. The summed E-state index contributed by atoms with van der Waals surface area (Å²) in [7, 11) is 0. The summed E-state index contributed by atoms with van der Waals surface area (Å²) in [4.78, 5) is 20.7. The summed E-state index contributed by atoms with van der Waals surface area (Å²) in [5, 5.41) is 6.06. The van der Waals surface area contributed by atoms with Crippen molar-refractivity contribution in [3.8, 4) is 0 Å². The van der Waals surface area contributed by atoms with Gasteiger partial charge in [0.1, 0.15) is 17.3 Å². The number of nitrogens with one attached hydrogen (secondary N) is 2. The second-order valence-electron chi connectivity index (χ2n) is 5.27. The molecule has 2 aromatic rings. The quantitative estimate of drug-likeness (QED) is 0.803. The van der Waals surface area contributed by atoms with E-state index in [0.717, 1.165) is 17.7 Å². The first-order valence-corrected chi connectivity index (χ1v) is 7.65. The highest BCUT2D eigenvalue weighted by Gasteiger charge is 2.11. The van der Waals surface area contributed by atoms with Crippen LogP contribution in [0.3, 0.4) is 0 Å². The normalized spacial score (nSPS) is 10.2. The standard InChI is InChI=1S/C18H22N4O/c1-5-10-19-18(23)15-11-16(21-13(4)20-15)22-17-12(3)8-7-9-14(17)6-2/h5,7-9,11H,1,6,10H2,2-4H3,(H,19,23)(H,20,21,22). The van der Waals surface area contributed by atoms with Gasteiger partial charge in [0.05, 0.1) is 0 Å². The number of hydrogen-bond donors (Lipinski definition) is 2. The molecule has 5 nitrogen and oxygen atoms in total. The van der Waals surface area contributed by atoms with E-state index in [1.165, 1.54) is 5.56 Å². The molecule has 120 valence electrons. The van der Waals surface area contributed by atoms with E-state index in [0.29, 0.717) is 23.9 Å². The molecular formula is C18H22N4O. The molecule has 5 heteroatoms. The minimum absolute atomic E-state index is 0.237. The van der Waals surface area contributed by atoms with Crippen LogP contribution in [0.1, 0.15) is 34.4 Å². The molecule has 0 saturated heterocycles. The molecule has 0 radical (unpaired) electrons. The van der Waals surface area contributed by atoms with Crippen molar-refractivity contribution < 1.29 is 4.79 Å². The van der Waals surface area contributed by atoms with Crippen LogP contribution in [0.2, 0.25) is 0 Å². The molecule has 0 fully saturated rings. The molecular weight excluding hydrogens is 288 g/mol. The Hall–Kier alpha value is -2.69. The lowest BCUT2D eigenvalue weighted by Crippen LogP contribution is -2.24. The van der Waals surface area contributed by atoms with Gasteiger partial charge in [0.15, 0.2) is 0 Å². The van der Waals surface area contributed by atoms with Crippen LogP contribution < -0.4 is 10.6 Å². The maximum absolute atomic E-state index is 12.1. The van der Waals surface area contributed by atoms with E-state index < -0.39 is 0 Å². The zero-order chi connectivity index (χ0) is 16.8. The largest absolute Gasteiger partial charge is 0.347 e. The van der Waals surface area contributed by atoms with Crippen LogP contribution in [0.15, 0.2) is 36.9 Å². The van der Waals surface area contributed by atoms with Gasteiger partial charge in [-0.05, 0) is 31.4 Å². The van der Waals surface area contributed by atoms with Gasteiger partial charge < -0.3 is 10.6 Å². The predicted octanol–water partition coefficient (Wildman–Crippen LogP) is 3.32. The van der Waals surface area contributed by atoms with Crippen LogP contribution in [0.4, 0.5) is 11.5 Å². The second kappa shape index (κ2) is 7.54. The van der Waals surface area contributed by atoms with Crippen molar-refractivity contribution in [2.45, 2.75) is 27.2 Å². The van der Waals surface area contributed by atoms with Gasteiger partial charge in [-0.15, -0.1) is 6.58 Å². The summed E-state index contributed by atoms with van der Waals surface area (Å²) >= 11 is 0. The summed E-state index contributed by atoms with van der Waals surface area (Å²) in [6, 6.07) is 7.84. The summed E-state index contributed by atoms with van der Waals surface area (Å²) in [5.41, 5.74) is 3.72. The lowest BCUT2D eigenvalue weighted by Gasteiger charge is -2.14. The molecule has 0 bridgehead atoms. The zero-order valence-corrected chi connectivity index (χ0v) is 13.8. The van der Waals surface area contributed by atoms with Gasteiger partial charge in [0, 0.05) is 18.3 Å². The number of hydrogen-bond acceptors (Lipinski definition) is 4. The SMILES string of the molecule is C=CCNC(=O)c1cc(Nc2c(C)cccc2CC)nc(C)n1. The highest BCUT2D eigenvalue weighted by molar-refractivity contribution is 5.93. The lowest BCUT2D eigenvalue weighted by molar-refractivity contribution is 0.0952. The molecule has 0 aliphatic carbocycles. The Morgan fingerprint density at radius 3 is 2.78 bits per heavy atom. The van der Waals surface area contributed by atoms with Gasteiger partial charge in [-0.3, -0.25) is 4.79 Å². The van der Waals surface area contributed by atoms with Crippen molar-refractivity contribution in [1.29, 1.82) is 0 Å². The van der Waals surface area contributed by atoms with Crippen LogP contribution in [-0.4, -0.2) is 22.4 Å². The molecule has 1 aromatic carbocycles. The predicted molar refractivity (Wildman–Crippen MR) is 93.1 cm³/mol. The van der Waals surface area contributed by atoms with Gasteiger partial charge >= 0.3 is 0 Å². The van der Waals surface area contributed by atoms with Crippen molar-refractivity contribution in [2.75, 3.05) is 11.9 Å². The molecule has 1 heterocycles. The number of nitrogens with zero attached hydrogens (tertiary/aromatic N) is 2. The number of carbonyl (C=O) groups is 1. The molecule has 1 amide bonds. The number of aromatic nitrogens is 2.